The van der Waals surface area contributed by atoms with Gasteiger partial charge in [0, 0.05) is 61.4 Å². The van der Waals surface area contributed by atoms with Crippen LogP contribution in [0.15, 0.2) is 85.2 Å². The quantitative estimate of drug-likeness (QED) is 0.282. The molecule has 10 heteroatoms. The molecule has 44 heavy (non-hydrogen) atoms. The van der Waals surface area contributed by atoms with Crippen molar-refractivity contribution in [2.24, 2.45) is 5.92 Å². The Morgan fingerprint density at radius 1 is 0.955 bits per heavy atom. The zero-order valence-corrected chi connectivity index (χ0v) is 24.2. The molecule has 1 N–H and O–H groups in total. The van der Waals surface area contributed by atoms with Gasteiger partial charge in [-0.25, -0.2) is 4.79 Å². The molecule has 224 valence electrons. The SMILES string of the molecule is COc1ccc(-c2oc3c(c2CC(=O)NCCC(=O)N2CC4CC(C2)c2cccc(=O)n2C4)c(=O)oc2ccccc23)cc1. The molecule has 0 aliphatic carbocycles. The average Bonchev–Trinajstić information content (AvgIpc) is 3.41. The highest BCUT2D eigenvalue weighted by atomic mass is 16.5. The second kappa shape index (κ2) is 11.2. The van der Waals surface area contributed by atoms with E-state index in [1.165, 1.54) is 0 Å². The lowest BCUT2D eigenvalue weighted by atomic mass is 9.83. The molecule has 2 bridgehead atoms. The van der Waals surface area contributed by atoms with Gasteiger partial charge in [0.25, 0.3) is 5.56 Å². The number of methoxy groups -OCH3 is 1. The molecule has 2 amide bonds. The number of furan rings is 1. The maximum absolute atomic E-state index is 13.2. The molecule has 5 aromatic rings. The highest BCUT2D eigenvalue weighted by Gasteiger charge is 2.36. The molecule has 0 radical (unpaired) electrons. The zero-order chi connectivity index (χ0) is 30.4. The molecule has 1 saturated heterocycles. The van der Waals surface area contributed by atoms with Crippen molar-refractivity contribution in [1.29, 1.82) is 0 Å². The molecular formula is C34H31N3O7. The second-order valence-corrected chi connectivity index (χ2v) is 11.5. The van der Waals surface area contributed by atoms with Gasteiger partial charge < -0.3 is 28.4 Å². The van der Waals surface area contributed by atoms with E-state index in [4.69, 9.17) is 13.6 Å². The molecule has 10 nitrogen and oxygen atoms in total. The van der Waals surface area contributed by atoms with Crippen molar-refractivity contribution in [3.63, 3.8) is 0 Å². The highest BCUT2D eigenvalue weighted by molar-refractivity contribution is 6.05. The smallest absolute Gasteiger partial charge is 0.347 e. The van der Waals surface area contributed by atoms with Crippen LogP contribution < -0.4 is 21.2 Å². The van der Waals surface area contributed by atoms with Crippen molar-refractivity contribution in [1.82, 2.24) is 14.8 Å². The number of rotatable bonds is 7. The summed E-state index contributed by atoms with van der Waals surface area (Å²) in [5.41, 5.74) is 2.27. The average molecular weight is 594 g/mol. The Labute approximate surface area is 251 Å². The molecule has 0 spiro atoms. The van der Waals surface area contributed by atoms with E-state index in [1.807, 2.05) is 39.8 Å². The number of hydrogen-bond acceptors (Lipinski definition) is 7. The van der Waals surface area contributed by atoms with Crippen LogP contribution in [0.1, 0.15) is 30.0 Å². The zero-order valence-electron chi connectivity index (χ0n) is 24.2. The highest BCUT2D eigenvalue weighted by Crippen LogP contribution is 2.37. The van der Waals surface area contributed by atoms with Gasteiger partial charge in [-0.1, -0.05) is 18.2 Å². The van der Waals surface area contributed by atoms with Gasteiger partial charge in [0.2, 0.25) is 11.8 Å². The maximum atomic E-state index is 13.2. The number of aromatic nitrogens is 1. The largest absolute Gasteiger partial charge is 0.497 e. The molecule has 2 unspecified atom stereocenters. The Balaban J connectivity index is 1.08. The van der Waals surface area contributed by atoms with Crippen LogP contribution in [0.3, 0.4) is 0 Å². The van der Waals surface area contributed by atoms with Crippen LogP contribution >= 0.6 is 0 Å². The fourth-order valence-electron chi connectivity index (χ4n) is 6.70. The van der Waals surface area contributed by atoms with Crippen LogP contribution in [0.25, 0.3) is 33.3 Å². The monoisotopic (exact) mass is 593 g/mol. The lowest BCUT2D eigenvalue weighted by molar-refractivity contribution is -0.133. The lowest BCUT2D eigenvalue weighted by Crippen LogP contribution is -2.49. The number of hydrogen-bond donors (Lipinski definition) is 1. The van der Waals surface area contributed by atoms with Crippen LogP contribution in [0.2, 0.25) is 0 Å². The lowest BCUT2D eigenvalue weighted by Gasteiger charge is -2.42. The predicted octanol–water partition coefficient (Wildman–Crippen LogP) is 4.07. The molecule has 3 aromatic heterocycles. The molecule has 2 aliphatic heterocycles. The van der Waals surface area contributed by atoms with Crippen molar-refractivity contribution in [2.75, 3.05) is 26.7 Å². The van der Waals surface area contributed by atoms with Crippen LogP contribution in [0.4, 0.5) is 0 Å². The number of nitrogens with zero attached hydrogens (tertiary/aromatic N) is 2. The fourth-order valence-corrected chi connectivity index (χ4v) is 6.70. The van der Waals surface area contributed by atoms with Gasteiger partial charge in [0.1, 0.15) is 22.5 Å². The van der Waals surface area contributed by atoms with Crippen molar-refractivity contribution in [3.05, 3.63) is 98.8 Å². The van der Waals surface area contributed by atoms with Crippen LogP contribution in [0, 0.1) is 5.92 Å². The van der Waals surface area contributed by atoms with Crippen molar-refractivity contribution in [2.45, 2.75) is 31.7 Å². The van der Waals surface area contributed by atoms with E-state index in [0.29, 0.717) is 58.8 Å². The number of ether oxygens (including phenoxy) is 1. The van der Waals surface area contributed by atoms with Crippen molar-refractivity contribution >= 4 is 33.8 Å². The summed E-state index contributed by atoms with van der Waals surface area (Å²) in [4.78, 5) is 53.7. The molecule has 7 rings (SSSR count). The normalized spacial score (nSPS) is 17.4. The van der Waals surface area contributed by atoms with E-state index in [1.54, 1.807) is 43.5 Å². The number of benzene rings is 2. The van der Waals surface area contributed by atoms with Gasteiger partial charge in [-0.2, -0.15) is 0 Å². The van der Waals surface area contributed by atoms with Crippen molar-refractivity contribution in [3.8, 4) is 17.1 Å². The van der Waals surface area contributed by atoms with E-state index in [0.717, 1.165) is 12.1 Å². The Bertz CT molecular complexity index is 2020. The second-order valence-electron chi connectivity index (χ2n) is 11.5. The summed E-state index contributed by atoms with van der Waals surface area (Å²) >= 11 is 0. The number of likely N-dealkylation sites (tertiary alicyclic amines) is 1. The van der Waals surface area contributed by atoms with Gasteiger partial charge in [-0.3, -0.25) is 14.4 Å². The topological polar surface area (TPSA) is 124 Å². The van der Waals surface area contributed by atoms with E-state index >= 15 is 0 Å². The summed E-state index contributed by atoms with van der Waals surface area (Å²) in [6, 6.07) is 19.6. The third-order valence-corrected chi connectivity index (χ3v) is 8.73. The Kier molecular flexibility index (Phi) is 7.04. The van der Waals surface area contributed by atoms with Gasteiger partial charge in [0.15, 0.2) is 5.58 Å². The third kappa shape index (κ3) is 4.96. The number of fused-ring (bicyclic) bond motifs is 7. The van der Waals surface area contributed by atoms with Gasteiger partial charge in [-0.15, -0.1) is 0 Å². The molecule has 5 heterocycles. The minimum atomic E-state index is -0.584. The standard InChI is InChI=1S/C34H31N3O7/c1-42-23-11-9-21(10-12-23)32-25(31-33(44-32)24-5-2-3-7-27(24)43-34(31)41)16-28(38)35-14-13-29(39)36-17-20-15-22(19-36)26-6-4-8-30(40)37(26)18-20/h2-12,20,22H,13-19H2,1H3,(H,35,38). The van der Waals surface area contributed by atoms with E-state index in [-0.39, 0.29) is 54.0 Å². The summed E-state index contributed by atoms with van der Waals surface area (Å²) in [6.45, 7) is 1.93. The first-order valence-electron chi connectivity index (χ1n) is 14.8. The van der Waals surface area contributed by atoms with Crippen LogP contribution in [0.5, 0.6) is 5.75 Å². The minimum Gasteiger partial charge on any atom is -0.497 e. The van der Waals surface area contributed by atoms with Gasteiger partial charge in [0.05, 0.1) is 18.9 Å². The van der Waals surface area contributed by atoms with Crippen LogP contribution in [-0.2, 0) is 22.6 Å². The number of amides is 2. The molecule has 2 aliphatic rings. The Hall–Kier alpha value is -5.12. The summed E-state index contributed by atoms with van der Waals surface area (Å²) < 4.78 is 19.0. The molecule has 2 aromatic carbocycles. The fraction of sp³-hybridized carbons (Fsp3) is 0.294. The maximum Gasteiger partial charge on any atom is 0.347 e. The van der Waals surface area contributed by atoms with E-state index < -0.39 is 5.63 Å². The minimum absolute atomic E-state index is 0.00574. The number of carbonyl (C=O) groups is 2. The number of pyridine rings is 1. The summed E-state index contributed by atoms with van der Waals surface area (Å²) in [5.74, 6) is 1.04. The predicted molar refractivity (Wildman–Crippen MR) is 164 cm³/mol. The van der Waals surface area contributed by atoms with Gasteiger partial charge >= 0.3 is 5.63 Å². The number of nitrogens with one attached hydrogen (secondary N) is 1. The van der Waals surface area contributed by atoms with Crippen molar-refractivity contribution < 1.29 is 23.2 Å². The molecular weight excluding hydrogens is 562 g/mol. The number of carbonyl (C=O) groups excluding carboxylic acids is 2. The third-order valence-electron chi connectivity index (χ3n) is 8.73. The van der Waals surface area contributed by atoms with E-state index in [9.17, 15) is 19.2 Å². The first-order valence-corrected chi connectivity index (χ1v) is 14.8. The number of para-hydroxylation sites is 1. The van der Waals surface area contributed by atoms with Gasteiger partial charge in [-0.05, 0) is 54.8 Å². The summed E-state index contributed by atoms with van der Waals surface area (Å²) in [7, 11) is 1.58. The van der Waals surface area contributed by atoms with Crippen LogP contribution in [-0.4, -0.2) is 48.0 Å². The Morgan fingerprint density at radius 3 is 2.59 bits per heavy atom. The summed E-state index contributed by atoms with van der Waals surface area (Å²) in [5, 5.41) is 3.71. The molecule has 2 atom stereocenters. The number of piperidine rings is 1. The first-order chi connectivity index (χ1) is 21.4. The molecule has 0 saturated carbocycles. The first kappa shape index (κ1) is 27.7. The van der Waals surface area contributed by atoms with E-state index in [2.05, 4.69) is 5.32 Å². The summed E-state index contributed by atoms with van der Waals surface area (Å²) in [6.07, 6.45) is 0.977. The molecule has 1 fully saturated rings. The Morgan fingerprint density at radius 2 is 1.77 bits per heavy atom.